The number of ether oxygens (including phenoxy) is 1. The first-order chi connectivity index (χ1) is 15.6. The lowest BCUT2D eigenvalue weighted by Crippen LogP contribution is -3.11. The topological polar surface area (TPSA) is 66.9 Å². The standard InChI is InChI=1S/C25H26F3NO4/c1-14-11-15(2)16(3)20(12-14)32-23-21(31)17-7-8-19(30)18(13-29-9-5-4-6-10-29)22(17)33-24(23)25(26,27)28/h7-8,11-12,30H,4-6,9-10,13H2,1-3H3. The number of nitrogens with one attached hydrogen (secondary N) is 1. The molecule has 1 aliphatic heterocycles. The molecule has 1 aliphatic rings. The SMILES string of the molecule is Cc1cc(C)c(C)c(Oc2c(C(F)(F)F)oc3c(C[NH+]4CCCCC4)c([O-])ccc3c2=O)c1. The number of alkyl halides is 3. The lowest BCUT2D eigenvalue weighted by molar-refractivity contribution is -0.918. The minimum Gasteiger partial charge on any atom is -0.872 e. The van der Waals surface area contributed by atoms with Gasteiger partial charge in [0.1, 0.15) is 17.9 Å². The summed E-state index contributed by atoms with van der Waals surface area (Å²) >= 11 is 0. The van der Waals surface area contributed by atoms with Crippen molar-refractivity contribution in [1.82, 2.24) is 0 Å². The van der Waals surface area contributed by atoms with Crippen molar-refractivity contribution in [2.45, 2.75) is 52.8 Å². The zero-order valence-corrected chi connectivity index (χ0v) is 18.8. The van der Waals surface area contributed by atoms with Crippen LogP contribution >= 0.6 is 0 Å². The molecule has 8 heteroatoms. The third kappa shape index (κ3) is 4.57. The van der Waals surface area contributed by atoms with E-state index in [9.17, 15) is 23.1 Å². The van der Waals surface area contributed by atoms with Crippen LogP contribution in [-0.2, 0) is 12.7 Å². The fourth-order valence-electron chi connectivity index (χ4n) is 4.42. The summed E-state index contributed by atoms with van der Waals surface area (Å²) in [5.74, 6) is -2.73. The highest BCUT2D eigenvalue weighted by atomic mass is 19.4. The van der Waals surface area contributed by atoms with Crippen molar-refractivity contribution >= 4 is 11.0 Å². The summed E-state index contributed by atoms with van der Waals surface area (Å²) in [4.78, 5) is 14.3. The van der Waals surface area contributed by atoms with E-state index in [4.69, 9.17) is 9.15 Å². The summed E-state index contributed by atoms with van der Waals surface area (Å²) in [6.45, 7) is 7.17. The number of benzene rings is 2. The molecule has 176 valence electrons. The Morgan fingerprint density at radius 1 is 1.09 bits per heavy atom. The van der Waals surface area contributed by atoms with Crippen LogP contribution in [0.3, 0.4) is 0 Å². The van der Waals surface area contributed by atoms with Crippen LogP contribution in [0.1, 0.15) is 47.3 Å². The van der Waals surface area contributed by atoms with E-state index in [2.05, 4.69) is 0 Å². The van der Waals surface area contributed by atoms with E-state index in [0.717, 1.165) is 48.4 Å². The number of quaternary nitrogens is 1. The molecule has 0 atom stereocenters. The van der Waals surface area contributed by atoms with Gasteiger partial charge in [0.15, 0.2) is 0 Å². The van der Waals surface area contributed by atoms with Crippen molar-refractivity contribution in [3.05, 3.63) is 62.5 Å². The Kier molecular flexibility index (Phi) is 6.14. The van der Waals surface area contributed by atoms with Crippen molar-refractivity contribution in [3.63, 3.8) is 0 Å². The van der Waals surface area contributed by atoms with Crippen LogP contribution in [0.2, 0.25) is 0 Å². The first kappa shape index (κ1) is 23.2. The highest BCUT2D eigenvalue weighted by molar-refractivity contribution is 5.83. The molecular formula is C25H26F3NO4. The lowest BCUT2D eigenvalue weighted by Gasteiger charge is -2.26. The molecule has 0 saturated carbocycles. The minimum absolute atomic E-state index is 0.0916. The number of fused-ring (bicyclic) bond motifs is 1. The maximum absolute atomic E-state index is 14.0. The summed E-state index contributed by atoms with van der Waals surface area (Å²) in [6, 6.07) is 5.90. The molecule has 1 N–H and O–H groups in total. The summed E-state index contributed by atoms with van der Waals surface area (Å²) in [5.41, 5.74) is 1.08. The largest absolute Gasteiger partial charge is 0.872 e. The third-order valence-corrected chi connectivity index (χ3v) is 6.30. The fraction of sp³-hybridized carbons (Fsp3) is 0.400. The summed E-state index contributed by atoms with van der Waals surface area (Å²) in [7, 11) is 0. The maximum atomic E-state index is 14.0. The fourth-order valence-corrected chi connectivity index (χ4v) is 4.42. The van der Waals surface area contributed by atoms with E-state index in [1.807, 2.05) is 13.0 Å². The Balaban J connectivity index is 1.91. The number of halogens is 3. The second-order valence-electron chi connectivity index (χ2n) is 8.80. The second-order valence-corrected chi connectivity index (χ2v) is 8.80. The second kappa shape index (κ2) is 8.74. The number of rotatable bonds is 4. The van der Waals surface area contributed by atoms with Gasteiger partial charge in [0.05, 0.1) is 18.5 Å². The molecule has 0 aliphatic carbocycles. The van der Waals surface area contributed by atoms with E-state index in [1.54, 1.807) is 19.9 Å². The van der Waals surface area contributed by atoms with Crippen LogP contribution in [0.5, 0.6) is 17.2 Å². The molecule has 5 nitrogen and oxygen atoms in total. The van der Waals surface area contributed by atoms with Gasteiger partial charge in [-0.15, -0.1) is 0 Å². The summed E-state index contributed by atoms with van der Waals surface area (Å²) in [6.07, 6.45) is -1.92. The van der Waals surface area contributed by atoms with Crippen molar-refractivity contribution in [3.8, 4) is 17.2 Å². The lowest BCUT2D eigenvalue weighted by atomic mass is 10.0. The molecular weight excluding hydrogens is 435 g/mol. The van der Waals surface area contributed by atoms with Gasteiger partial charge in [0, 0.05) is 5.56 Å². The molecule has 1 aromatic heterocycles. The van der Waals surface area contributed by atoms with Crippen LogP contribution in [-0.4, -0.2) is 13.1 Å². The van der Waals surface area contributed by atoms with Gasteiger partial charge < -0.3 is 19.2 Å². The molecule has 33 heavy (non-hydrogen) atoms. The average molecular weight is 461 g/mol. The van der Waals surface area contributed by atoms with Crippen LogP contribution in [0, 0.1) is 20.8 Å². The van der Waals surface area contributed by atoms with Gasteiger partial charge in [0.25, 0.3) is 5.76 Å². The Hall–Kier alpha value is -3.00. The zero-order valence-electron chi connectivity index (χ0n) is 18.8. The van der Waals surface area contributed by atoms with Crippen molar-refractivity contribution in [2.24, 2.45) is 0 Å². The average Bonchev–Trinajstić information content (AvgIpc) is 2.75. The zero-order chi connectivity index (χ0) is 23.9. The first-order valence-corrected chi connectivity index (χ1v) is 11.0. The molecule has 4 rings (SSSR count). The smallest absolute Gasteiger partial charge is 0.453 e. The highest BCUT2D eigenvalue weighted by Gasteiger charge is 2.41. The molecule has 2 heterocycles. The van der Waals surface area contributed by atoms with Crippen molar-refractivity contribution < 1.29 is 32.3 Å². The molecule has 1 saturated heterocycles. The number of likely N-dealkylation sites (tertiary alicyclic amines) is 1. The Morgan fingerprint density at radius 3 is 2.45 bits per heavy atom. The van der Waals surface area contributed by atoms with Crippen LogP contribution in [0.25, 0.3) is 11.0 Å². The number of hydrogen-bond donors (Lipinski definition) is 1. The van der Waals surface area contributed by atoms with Gasteiger partial charge in [-0.2, -0.15) is 13.2 Å². The molecule has 0 bridgehead atoms. The van der Waals surface area contributed by atoms with Gasteiger partial charge in [-0.1, -0.05) is 17.9 Å². The quantitative estimate of drug-likeness (QED) is 0.633. The molecule has 0 spiro atoms. The Labute approximate surface area is 189 Å². The molecule has 0 unspecified atom stereocenters. The van der Waals surface area contributed by atoms with Crippen LogP contribution in [0.15, 0.2) is 33.5 Å². The van der Waals surface area contributed by atoms with Gasteiger partial charge in [-0.05, 0) is 68.9 Å². The third-order valence-electron chi connectivity index (χ3n) is 6.30. The van der Waals surface area contributed by atoms with Crippen LogP contribution in [0.4, 0.5) is 13.2 Å². The van der Waals surface area contributed by atoms with Crippen LogP contribution < -0.4 is 20.2 Å². The van der Waals surface area contributed by atoms with E-state index in [1.165, 1.54) is 12.1 Å². The van der Waals surface area contributed by atoms with E-state index in [-0.39, 0.29) is 28.8 Å². The maximum Gasteiger partial charge on any atom is 0.453 e. The highest BCUT2D eigenvalue weighted by Crippen LogP contribution is 2.40. The minimum atomic E-state index is -4.98. The van der Waals surface area contributed by atoms with Crippen molar-refractivity contribution in [2.75, 3.05) is 13.1 Å². The Bertz CT molecular complexity index is 1260. The molecule has 1 fully saturated rings. The molecule has 2 aromatic carbocycles. The van der Waals surface area contributed by atoms with Gasteiger partial charge in [0.2, 0.25) is 11.2 Å². The van der Waals surface area contributed by atoms with E-state index in [0.29, 0.717) is 5.56 Å². The normalized spacial score (nSPS) is 15.2. The molecule has 3 aromatic rings. The number of hydrogen-bond acceptors (Lipinski definition) is 4. The first-order valence-electron chi connectivity index (χ1n) is 11.0. The predicted molar refractivity (Wildman–Crippen MR) is 116 cm³/mol. The summed E-state index contributed by atoms with van der Waals surface area (Å²) in [5, 5.41) is 12.5. The van der Waals surface area contributed by atoms with E-state index >= 15 is 0 Å². The molecule has 0 amide bonds. The summed E-state index contributed by atoms with van der Waals surface area (Å²) < 4.78 is 52.9. The monoisotopic (exact) mass is 461 g/mol. The Morgan fingerprint density at radius 2 is 1.79 bits per heavy atom. The number of aryl methyl sites for hydroxylation is 2. The number of piperidine rings is 1. The van der Waals surface area contributed by atoms with E-state index < -0.39 is 28.9 Å². The molecule has 0 radical (unpaired) electrons. The predicted octanol–water partition coefficient (Wildman–Crippen LogP) is 4.17. The van der Waals surface area contributed by atoms with Gasteiger partial charge >= 0.3 is 6.18 Å². The van der Waals surface area contributed by atoms with Gasteiger partial charge in [-0.3, -0.25) is 4.79 Å². The van der Waals surface area contributed by atoms with Gasteiger partial charge in [-0.25, -0.2) is 0 Å². The van der Waals surface area contributed by atoms with Crippen molar-refractivity contribution in [1.29, 1.82) is 0 Å².